The third kappa shape index (κ3) is 10.4. The highest BCUT2D eigenvalue weighted by Gasteiger charge is 2.45. The number of carbonyl (C=O) groups is 6. The zero-order valence-corrected chi connectivity index (χ0v) is 31.4. The highest BCUT2D eigenvalue weighted by molar-refractivity contribution is 5.94. The Balaban J connectivity index is 3.98. The zero-order chi connectivity index (χ0) is 36.7. The van der Waals surface area contributed by atoms with Gasteiger partial charge in [-0.05, 0) is 41.9 Å². The molecule has 0 spiro atoms. The predicted octanol–water partition coefficient (Wildman–Crippen LogP) is 3.93. The third-order valence-corrected chi connectivity index (χ3v) is 8.89. The second kappa shape index (κ2) is 17.8. The third-order valence-electron chi connectivity index (χ3n) is 8.89. The van der Waals surface area contributed by atoms with Gasteiger partial charge in [-0.3, -0.25) is 14.4 Å². The molecule has 3 amide bonds. The molecular weight excluding hydrogens is 606 g/mol. The summed E-state index contributed by atoms with van der Waals surface area (Å²) in [6.45, 7) is 21.3. The molecule has 0 radical (unpaired) electrons. The van der Waals surface area contributed by atoms with Gasteiger partial charge in [0.25, 0.3) is 17.7 Å². The molecule has 1 aliphatic rings. The van der Waals surface area contributed by atoms with E-state index >= 15 is 0 Å². The molecule has 12 heteroatoms. The summed E-state index contributed by atoms with van der Waals surface area (Å²) in [5, 5.41) is 0. The maximum Gasteiger partial charge on any atom is 0.329 e. The summed E-state index contributed by atoms with van der Waals surface area (Å²) in [5.74, 6) is -6.48. The van der Waals surface area contributed by atoms with Crippen molar-refractivity contribution in [3.05, 3.63) is 0 Å². The lowest BCUT2D eigenvalue weighted by atomic mass is 9.95. The molecule has 1 aliphatic heterocycles. The number of rotatable bonds is 8. The minimum atomic E-state index is -1.28. The average molecular weight is 668 g/mol. The van der Waals surface area contributed by atoms with Gasteiger partial charge in [0, 0.05) is 21.1 Å². The van der Waals surface area contributed by atoms with Crippen LogP contribution in [-0.2, 0) is 43.0 Å². The standard InChI is InChI=1S/C35H61N3O9/c1-16-23(12)26-35(44)47-27(20(6)7)30(39)36(13)24(17-18(2)3)33(42)45-28(21(8)9)31(40)37(14)25(19(4)5)34(43)46-29(22(10)11)32(41)38(26)15/h18-29H,16-17H2,1-15H3/t23-,24-,25-,26-,27+,28+,29+/m0/s1. The highest BCUT2D eigenvalue weighted by atomic mass is 16.6. The fraction of sp³-hybridized carbons (Fsp3) is 0.829. The van der Waals surface area contributed by atoms with Crippen molar-refractivity contribution in [1.82, 2.24) is 14.7 Å². The Hall–Kier alpha value is -3.18. The van der Waals surface area contributed by atoms with Crippen LogP contribution in [0.4, 0.5) is 0 Å². The molecule has 7 atom stereocenters. The van der Waals surface area contributed by atoms with Crippen LogP contribution in [-0.4, -0.2) is 108 Å². The van der Waals surface area contributed by atoms with E-state index < -0.39 is 95.7 Å². The van der Waals surface area contributed by atoms with E-state index in [4.69, 9.17) is 14.2 Å². The van der Waals surface area contributed by atoms with E-state index in [1.54, 1.807) is 62.3 Å². The van der Waals surface area contributed by atoms with Gasteiger partial charge in [0.15, 0.2) is 18.3 Å². The summed E-state index contributed by atoms with van der Waals surface area (Å²) in [7, 11) is 4.35. The second-order valence-corrected chi connectivity index (χ2v) is 14.8. The fourth-order valence-electron chi connectivity index (χ4n) is 5.77. The number of amides is 3. The lowest BCUT2D eigenvalue weighted by Gasteiger charge is -2.38. The Morgan fingerprint density at radius 2 is 0.851 bits per heavy atom. The van der Waals surface area contributed by atoms with Crippen molar-refractivity contribution < 1.29 is 43.0 Å². The van der Waals surface area contributed by atoms with E-state index in [0.29, 0.717) is 6.42 Å². The predicted molar refractivity (Wildman–Crippen MR) is 178 cm³/mol. The number of hydrogen-bond acceptors (Lipinski definition) is 9. The first-order valence-electron chi connectivity index (χ1n) is 17.0. The molecule has 0 aromatic rings. The topological polar surface area (TPSA) is 140 Å². The minimum Gasteiger partial charge on any atom is -0.450 e. The average Bonchev–Trinajstić information content (AvgIpc) is 2.97. The summed E-state index contributed by atoms with van der Waals surface area (Å²) in [6, 6.07) is -3.30. The van der Waals surface area contributed by atoms with Gasteiger partial charge in [-0.15, -0.1) is 0 Å². The lowest BCUT2D eigenvalue weighted by Crippen LogP contribution is -2.57. The van der Waals surface area contributed by atoms with Crippen LogP contribution in [0.2, 0.25) is 0 Å². The Morgan fingerprint density at radius 3 is 1.19 bits per heavy atom. The summed E-state index contributed by atoms with van der Waals surface area (Å²) in [5.41, 5.74) is 0. The molecule has 1 rings (SSSR count). The number of ether oxygens (including phenoxy) is 3. The number of hydrogen-bond donors (Lipinski definition) is 0. The summed E-state index contributed by atoms with van der Waals surface area (Å²) in [4.78, 5) is 87.2. The normalized spacial score (nSPS) is 27.4. The number of likely N-dealkylation sites (N-methyl/N-ethyl adjacent to an activating group) is 3. The van der Waals surface area contributed by atoms with Crippen LogP contribution in [0, 0.1) is 35.5 Å². The maximum atomic E-state index is 14.0. The van der Waals surface area contributed by atoms with Crippen molar-refractivity contribution in [2.75, 3.05) is 21.1 Å². The SMILES string of the molecule is CC[C@H](C)[C@H]1C(=O)O[C@H](C(C)C)C(=O)N(C)[C@@H](CC(C)C)C(=O)O[C@H](C(C)C)C(=O)N(C)[C@@H](C(C)C)C(=O)O[C@H](C(C)C)C(=O)N1C. The molecular formula is C35H61N3O9. The van der Waals surface area contributed by atoms with Crippen LogP contribution in [0.5, 0.6) is 0 Å². The van der Waals surface area contributed by atoms with Gasteiger partial charge in [-0.1, -0.05) is 89.5 Å². The van der Waals surface area contributed by atoms with Crippen molar-refractivity contribution in [2.45, 2.75) is 132 Å². The molecule has 0 unspecified atom stereocenters. The van der Waals surface area contributed by atoms with Gasteiger partial charge < -0.3 is 28.9 Å². The number of nitrogens with zero attached hydrogens (tertiary/aromatic N) is 3. The number of carbonyl (C=O) groups excluding carboxylic acids is 6. The second-order valence-electron chi connectivity index (χ2n) is 14.8. The maximum absolute atomic E-state index is 14.0. The largest absolute Gasteiger partial charge is 0.450 e. The summed E-state index contributed by atoms with van der Waals surface area (Å²) in [6.07, 6.45) is -3.10. The monoisotopic (exact) mass is 667 g/mol. The van der Waals surface area contributed by atoms with E-state index in [9.17, 15) is 28.8 Å². The quantitative estimate of drug-likeness (QED) is 0.278. The van der Waals surface area contributed by atoms with Crippen LogP contribution in [0.1, 0.15) is 95.9 Å². The summed E-state index contributed by atoms with van der Waals surface area (Å²) >= 11 is 0. The number of esters is 3. The minimum absolute atomic E-state index is 0.0416. The first-order valence-corrected chi connectivity index (χ1v) is 17.0. The molecule has 0 bridgehead atoms. The van der Waals surface area contributed by atoms with Gasteiger partial charge in [-0.25, -0.2) is 14.4 Å². The molecule has 47 heavy (non-hydrogen) atoms. The van der Waals surface area contributed by atoms with E-state index in [2.05, 4.69) is 0 Å². The Bertz CT molecular complexity index is 1120. The van der Waals surface area contributed by atoms with Crippen LogP contribution in [0.25, 0.3) is 0 Å². The lowest BCUT2D eigenvalue weighted by molar-refractivity contribution is -0.181. The van der Waals surface area contributed by atoms with Gasteiger partial charge >= 0.3 is 17.9 Å². The molecule has 0 N–H and O–H groups in total. The molecule has 0 saturated carbocycles. The highest BCUT2D eigenvalue weighted by Crippen LogP contribution is 2.26. The molecule has 1 fully saturated rings. The Morgan fingerprint density at radius 1 is 0.511 bits per heavy atom. The van der Waals surface area contributed by atoms with E-state index in [0.717, 1.165) is 0 Å². The van der Waals surface area contributed by atoms with Crippen molar-refractivity contribution in [3.63, 3.8) is 0 Å². The van der Waals surface area contributed by atoms with Crippen molar-refractivity contribution >= 4 is 35.6 Å². The van der Waals surface area contributed by atoms with Crippen molar-refractivity contribution in [1.29, 1.82) is 0 Å². The fourth-order valence-corrected chi connectivity index (χ4v) is 5.77. The molecule has 12 nitrogen and oxygen atoms in total. The van der Waals surface area contributed by atoms with E-state index in [1.807, 2.05) is 20.8 Å². The van der Waals surface area contributed by atoms with Gasteiger partial charge in [-0.2, -0.15) is 0 Å². The van der Waals surface area contributed by atoms with E-state index in [1.165, 1.54) is 35.8 Å². The molecule has 1 saturated heterocycles. The number of cyclic esters (lactones) is 3. The summed E-state index contributed by atoms with van der Waals surface area (Å²) < 4.78 is 17.6. The molecule has 0 aliphatic carbocycles. The van der Waals surface area contributed by atoms with Gasteiger partial charge in [0.2, 0.25) is 0 Å². The van der Waals surface area contributed by atoms with Crippen molar-refractivity contribution in [3.8, 4) is 0 Å². The van der Waals surface area contributed by atoms with Gasteiger partial charge in [0.1, 0.15) is 18.1 Å². The zero-order valence-electron chi connectivity index (χ0n) is 31.4. The molecule has 0 aromatic heterocycles. The Kier molecular flexibility index (Phi) is 15.9. The van der Waals surface area contributed by atoms with E-state index in [-0.39, 0.29) is 18.3 Å². The van der Waals surface area contributed by atoms with Crippen molar-refractivity contribution in [2.24, 2.45) is 35.5 Å². The van der Waals surface area contributed by atoms with Crippen LogP contribution < -0.4 is 0 Å². The molecule has 1 heterocycles. The first-order chi connectivity index (χ1) is 21.6. The molecule has 0 aromatic carbocycles. The Labute approximate surface area is 282 Å². The van der Waals surface area contributed by atoms with Gasteiger partial charge in [0.05, 0.1) is 0 Å². The molecule has 270 valence electrons. The van der Waals surface area contributed by atoms with Crippen LogP contribution in [0.15, 0.2) is 0 Å². The smallest absolute Gasteiger partial charge is 0.329 e. The van der Waals surface area contributed by atoms with Crippen LogP contribution in [0.3, 0.4) is 0 Å². The van der Waals surface area contributed by atoms with Crippen LogP contribution >= 0.6 is 0 Å². The first kappa shape index (κ1) is 41.8.